The number of nitrogens with two attached hydrogens (primary N) is 1. The molecule has 0 aromatic carbocycles. The number of nitrogen functional groups attached to an aromatic ring is 1. The minimum absolute atomic E-state index is 0.570. The molecule has 2 N–H and O–H groups in total. The normalized spacial score (nSPS) is 10.5. The maximum Gasteiger partial charge on any atom is 0.127 e. The Balaban J connectivity index is 2.31. The minimum atomic E-state index is 0.570. The van der Waals surface area contributed by atoms with Crippen molar-refractivity contribution in [3.05, 3.63) is 35.3 Å². The summed E-state index contributed by atoms with van der Waals surface area (Å²) in [4.78, 5) is 4.07. The van der Waals surface area contributed by atoms with Crippen LogP contribution in [0, 0.1) is 6.92 Å². The van der Waals surface area contributed by atoms with E-state index in [4.69, 9.17) is 5.73 Å². The van der Waals surface area contributed by atoms with Crippen LogP contribution in [0.5, 0.6) is 0 Å². The highest BCUT2D eigenvalue weighted by Gasteiger charge is 2.07. The molecule has 5 heteroatoms. The molecule has 0 spiro atoms. The van der Waals surface area contributed by atoms with Crippen molar-refractivity contribution in [1.29, 1.82) is 0 Å². The second-order valence-corrected chi connectivity index (χ2v) is 3.55. The van der Waals surface area contributed by atoms with Crippen LogP contribution in [0.15, 0.2) is 18.5 Å². The SMILES string of the molecule is Cc1ccnc(N)c1Cc1cn(C)nn1. The molecule has 0 saturated carbocycles. The number of hydrogen-bond acceptors (Lipinski definition) is 4. The van der Waals surface area contributed by atoms with Crippen LogP contribution in [0.3, 0.4) is 0 Å². The second kappa shape index (κ2) is 3.68. The van der Waals surface area contributed by atoms with E-state index in [1.54, 1.807) is 10.9 Å². The summed E-state index contributed by atoms with van der Waals surface area (Å²) in [6, 6.07) is 1.95. The lowest BCUT2D eigenvalue weighted by atomic mass is 10.1. The summed E-state index contributed by atoms with van der Waals surface area (Å²) in [7, 11) is 1.84. The van der Waals surface area contributed by atoms with Gasteiger partial charge >= 0.3 is 0 Å². The third-order valence-electron chi connectivity index (χ3n) is 2.33. The van der Waals surface area contributed by atoms with Crippen LogP contribution in [-0.4, -0.2) is 20.0 Å². The molecule has 0 aliphatic heterocycles. The van der Waals surface area contributed by atoms with Gasteiger partial charge in [-0.1, -0.05) is 5.21 Å². The van der Waals surface area contributed by atoms with Crippen LogP contribution in [0.1, 0.15) is 16.8 Å². The van der Waals surface area contributed by atoms with Gasteiger partial charge in [0.05, 0.1) is 5.69 Å². The third kappa shape index (κ3) is 1.96. The molecule has 0 aliphatic carbocycles. The van der Waals surface area contributed by atoms with Crippen LogP contribution in [0.25, 0.3) is 0 Å². The van der Waals surface area contributed by atoms with Crippen LogP contribution in [0.4, 0.5) is 5.82 Å². The molecule has 0 amide bonds. The first kappa shape index (κ1) is 9.64. The van der Waals surface area contributed by atoms with E-state index in [-0.39, 0.29) is 0 Å². The first-order valence-electron chi connectivity index (χ1n) is 4.72. The summed E-state index contributed by atoms with van der Waals surface area (Å²) in [5.74, 6) is 0.570. The van der Waals surface area contributed by atoms with Crippen LogP contribution < -0.4 is 5.73 Å². The van der Waals surface area contributed by atoms with Gasteiger partial charge in [0.25, 0.3) is 0 Å². The Morgan fingerprint density at radius 2 is 2.27 bits per heavy atom. The molecule has 78 valence electrons. The van der Waals surface area contributed by atoms with Gasteiger partial charge in [-0.25, -0.2) is 4.98 Å². The molecule has 0 fully saturated rings. The fourth-order valence-corrected chi connectivity index (χ4v) is 1.50. The largest absolute Gasteiger partial charge is 0.383 e. The molecule has 0 unspecified atom stereocenters. The molecular weight excluding hydrogens is 190 g/mol. The maximum absolute atomic E-state index is 5.81. The van der Waals surface area contributed by atoms with Crippen molar-refractivity contribution >= 4 is 5.82 Å². The Bertz CT molecular complexity index is 454. The van der Waals surface area contributed by atoms with E-state index in [1.165, 1.54) is 0 Å². The molecule has 15 heavy (non-hydrogen) atoms. The van der Waals surface area contributed by atoms with Gasteiger partial charge in [-0.2, -0.15) is 0 Å². The Hall–Kier alpha value is -1.91. The minimum Gasteiger partial charge on any atom is -0.383 e. The van der Waals surface area contributed by atoms with E-state index < -0.39 is 0 Å². The van der Waals surface area contributed by atoms with Gasteiger partial charge in [-0.3, -0.25) is 4.68 Å². The van der Waals surface area contributed by atoms with Gasteiger partial charge in [0.1, 0.15) is 5.82 Å². The Kier molecular flexibility index (Phi) is 2.37. The average molecular weight is 203 g/mol. The molecule has 5 nitrogen and oxygen atoms in total. The zero-order chi connectivity index (χ0) is 10.8. The van der Waals surface area contributed by atoms with E-state index in [0.717, 1.165) is 16.8 Å². The molecule has 0 aliphatic rings. The molecule has 2 rings (SSSR count). The van der Waals surface area contributed by atoms with E-state index in [2.05, 4.69) is 15.3 Å². The summed E-state index contributed by atoms with van der Waals surface area (Å²) in [6.45, 7) is 2.02. The smallest absolute Gasteiger partial charge is 0.127 e. The van der Waals surface area contributed by atoms with Crippen molar-refractivity contribution in [3.63, 3.8) is 0 Å². The molecule has 2 heterocycles. The summed E-state index contributed by atoms with van der Waals surface area (Å²) in [6.07, 6.45) is 4.27. The van der Waals surface area contributed by atoms with Gasteiger partial charge in [-0.05, 0) is 18.6 Å². The zero-order valence-electron chi connectivity index (χ0n) is 8.81. The number of hydrogen-bond donors (Lipinski definition) is 1. The van der Waals surface area contributed by atoms with E-state index in [0.29, 0.717) is 12.2 Å². The lowest BCUT2D eigenvalue weighted by Crippen LogP contribution is -2.01. The number of anilines is 1. The summed E-state index contributed by atoms with van der Waals surface area (Å²) >= 11 is 0. The van der Waals surface area contributed by atoms with Gasteiger partial charge in [0.15, 0.2) is 0 Å². The molecule has 0 bridgehead atoms. The molecule has 2 aromatic heterocycles. The molecule has 0 radical (unpaired) electrons. The maximum atomic E-state index is 5.81. The van der Waals surface area contributed by atoms with E-state index in [1.807, 2.05) is 26.2 Å². The van der Waals surface area contributed by atoms with Gasteiger partial charge in [0, 0.05) is 31.4 Å². The average Bonchev–Trinajstić information content (AvgIpc) is 2.58. The highest BCUT2D eigenvalue weighted by molar-refractivity contribution is 5.45. The van der Waals surface area contributed by atoms with Crippen molar-refractivity contribution in [2.24, 2.45) is 7.05 Å². The van der Waals surface area contributed by atoms with E-state index in [9.17, 15) is 0 Å². The lowest BCUT2D eigenvalue weighted by Gasteiger charge is -2.05. The van der Waals surface area contributed by atoms with Gasteiger partial charge < -0.3 is 5.73 Å². The summed E-state index contributed by atoms with van der Waals surface area (Å²) < 4.78 is 1.68. The first-order valence-corrected chi connectivity index (χ1v) is 4.72. The number of aryl methyl sites for hydroxylation is 2. The molecular formula is C10H13N5. The van der Waals surface area contributed by atoms with Crippen LogP contribution in [-0.2, 0) is 13.5 Å². The standard InChI is InChI=1S/C10H13N5/c1-7-3-4-12-10(11)9(7)5-8-6-15(2)14-13-8/h3-4,6H,5H2,1-2H3,(H2,11,12). The summed E-state index contributed by atoms with van der Waals surface area (Å²) in [5.41, 5.74) is 8.87. The van der Waals surface area contributed by atoms with Crippen LogP contribution >= 0.6 is 0 Å². The monoisotopic (exact) mass is 203 g/mol. The highest BCUT2D eigenvalue weighted by Crippen LogP contribution is 2.16. The van der Waals surface area contributed by atoms with Crippen molar-refractivity contribution in [2.45, 2.75) is 13.3 Å². The fourth-order valence-electron chi connectivity index (χ4n) is 1.50. The lowest BCUT2D eigenvalue weighted by molar-refractivity contribution is 0.713. The zero-order valence-corrected chi connectivity index (χ0v) is 8.81. The van der Waals surface area contributed by atoms with Gasteiger partial charge in [-0.15, -0.1) is 5.10 Å². The quantitative estimate of drug-likeness (QED) is 0.779. The number of nitrogens with zero attached hydrogens (tertiary/aromatic N) is 4. The van der Waals surface area contributed by atoms with Crippen molar-refractivity contribution < 1.29 is 0 Å². The van der Waals surface area contributed by atoms with Gasteiger partial charge in [0.2, 0.25) is 0 Å². The Morgan fingerprint density at radius 3 is 2.87 bits per heavy atom. The third-order valence-corrected chi connectivity index (χ3v) is 2.33. The number of aromatic nitrogens is 4. The first-order chi connectivity index (χ1) is 7.16. The summed E-state index contributed by atoms with van der Waals surface area (Å²) in [5, 5.41) is 7.90. The number of rotatable bonds is 2. The molecule has 0 saturated heterocycles. The second-order valence-electron chi connectivity index (χ2n) is 3.55. The predicted molar refractivity (Wildman–Crippen MR) is 57.2 cm³/mol. The predicted octanol–water partition coefficient (Wildman–Crippen LogP) is 0.692. The molecule has 2 aromatic rings. The van der Waals surface area contributed by atoms with Crippen molar-refractivity contribution in [1.82, 2.24) is 20.0 Å². The van der Waals surface area contributed by atoms with Crippen molar-refractivity contribution in [2.75, 3.05) is 5.73 Å². The Morgan fingerprint density at radius 1 is 1.47 bits per heavy atom. The van der Waals surface area contributed by atoms with Crippen LogP contribution in [0.2, 0.25) is 0 Å². The topological polar surface area (TPSA) is 69.6 Å². The van der Waals surface area contributed by atoms with E-state index >= 15 is 0 Å². The molecule has 0 atom stereocenters. The number of pyridine rings is 1. The Labute approximate surface area is 87.9 Å². The van der Waals surface area contributed by atoms with Crippen molar-refractivity contribution in [3.8, 4) is 0 Å². The highest BCUT2D eigenvalue weighted by atomic mass is 15.4. The fraction of sp³-hybridized carbons (Fsp3) is 0.300.